The monoisotopic (exact) mass is 286 g/mol. The summed E-state index contributed by atoms with van der Waals surface area (Å²) in [4.78, 5) is 13.0. The zero-order valence-corrected chi connectivity index (χ0v) is 14.0. The number of Topliss-reactive ketones (excluding diaryl/α,β-unsaturated/α-hetero) is 1. The molecule has 0 aromatic heterocycles. The molecule has 0 unspecified atom stereocenters. The van der Waals surface area contributed by atoms with Crippen molar-refractivity contribution in [3.8, 4) is 0 Å². The molecule has 1 heteroatoms. The van der Waals surface area contributed by atoms with Crippen LogP contribution >= 0.6 is 0 Å². The minimum absolute atomic E-state index is 0.0703. The van der Waals surface area contributed by atoms with Gasteiger partial charge in [0.2, 0.25) is 0 Å². The second kappa shape index (κ2) is 7.24. The zero-order valence-electron chi connectivity index (χ0n) is 14.0. The second-order valence-corrected chi connectivity index (χ2v) is 7.22. The zero-order chi connectivity index (χ0) is 15.3. The Bertz CT molecular complexity index is 449. The molecule has 116 valence electrons. The van der Waals surface area contributed by atoms with Gasteiger partial charge in [0.1, 0.15) is 0 Å². The van der Waals surface area contributed by atoms with Crippen LogP contribution < -0.4 is 0 Å². The second-order valence-electron chi connectivity index (χ2n) is 7.22. The van der Waals surface area contributed by atoms with Gasteiger partial charge in [0.15, 0.2) is 5.78 Å². The smallest absolute Gasteiger partial charge is 0.169 e. The van der Waals surface area contributed by atoms with E-state index < -0.39 is 0 Å². The molecule has 1 nitrogen and oxygen atoms in total. The van der Waals surface area contributed by atoms with Crippen molar-refractivity contribution in [2.75, 3.05) is 0 Å². The van der Waals surface area contributed by atoms with E-state index in [9.17, 15) is 4.79 Å². The average Bonchev–Trinajstić information content (AvgIpc) is 2.93. The van der Waals surface area contributed by atoms with Gasteiger partial charge >= 0.3 is 0 Å². The van der Waals surface area contributed by atoms with Gasteiger partial charge in [-0.3, -0.25) is 4.79 Å². The van der Waals surface area contributed by atoms with E-state index in [2.05, 4.69) is 45.0 Å². The van der Waals surface area contributed by atoms with Gasteiger partial charge in [-0.1, -0.05) is 64.3 Å². The third-order valence-electron chi connectivity index (χ3n) is 4.88. The van der Waals surface area contributed by atoms with Crippen LogP contribution in [0, 0.1) is 11.3 Å². The number of aryl methyl sites for hydroxylation is 1. The van der Waals surface area contributed by atoms with E-state index >= 15 is 0 Å². The van der Waals surface area contributed by atoms with Crippen LogP contribution in [-0.2, 0) is 6.42 Å². The predicted octanol–water partition coefficient (Wildman–Crippen LogP) is 5.82. The molecule has 1 aliphatic rings. The third kappa shape index (κ3) is 3.96. The van der Waals surface area contributed by atoms with Gasteiger partial charge in [0.25, 0.3) is 0 Å². The number of hydrogen-bond donors (Lipinski definition) is 0. The highest BCUT2D eigenvalue weighted by atomic mass is 16.1. The van der Waals surface area contributed by atoms with Crippen molar-refractivity contribution < 1.29 is 4.79 Å². The molecule has 0 aliphatic heterocycles. The van der Waals surface area contributed by atoms with Crippen LogP contribution in [0.25, 0.3) is 0 Å². The summed E-state index contributed by atoms with van der Waals surface area (Å²) in [6, 6.07) is 8.43. The molecule has 0 radical (unpaired) electrons. The highest BCUT2D eigenvalue weighted by Crippen LogP contribution is 2.45. The maximum Gasteiger partial charge on any atom is 0.169 e. The van der Waals surface area contributed by atoms with Gasteiger partial charge in [-0.05, 0) is 43.6 Å². The average molecular weight is 286 g/mol. The van der Waals surface area contributed by atoms with Crippen LogP contribution in [-0.4, -0.2) is 5.78 Å². The highest BCUT2D eigenvalue weighted by Gasteiger charge is 2.41. The third-order valence-corrected chi connectivity index (χ3v) is 4.88. The lowest BCUT2D eigenvalue weighted by molar-refractivity contribution is 0.0760. The first kappa shape index (κ1) is 16.3. The van der Waals surface area contributed by atoms with Gasteiger partial charge < -0.3 is 0 Å². The molecule has 0 amide bonds. The summed E-state index contributed by atoms with van der Waals surface area (Å²) in [5.41, 5.74) is 2.22. The van der Waals surface area contributed by atoms with E-state index in [4.69, 9.17) is 0 Å². The lowest BCUT2D eigenvalue weighted by atomic mass is 9.73. The molecule has 1 aliphatic carbocycles. The molecule has 0 saturated heterocycles. The summed E-state index contributed by atoms with van der Waals surface area (Å²) in [5.74, 6) is 0.992. The van der Waals surface area contributed by atoms with Crippen molar-refractivity contribution in [2.45, 2.75) is 72.1 Å². The molecular weight excluding hydrogens is 256 g/mol. The number of carbonyl (C=O) groups is 1. The van der Waals surface area contributed by atoms with Crippen LogP contribution in [0.4, 0.5) is 0 Å². The first-order valence-corrected chi connectivity index (χ1v) is 8.71. The van der Waals surface area contributed by atoms with Crippen molar-refractivity contribution in [3.63, 3.8) is 0 Å². The Hall–Kier alpha value is -1.11. The Morgan fingerprint density at radius 1 is 1.14 bits per heavy atom. The van der Waals surface area contributed by atoms with E-state index in [1.54, 1.807) is 0 Å². The Balaban J connectivity index is 2.13. The fourth-order valence-electron chi connectivity index (χ4n) is 3.87. The lowest BCUT2D eigenvalue weighted by Crippen LogP contribution is -2.29. The maximum atomic E-state index is 13.0. The molecule has 1 saturated carbocycles. The van der Waals surface area contributed by atoms with Crippen LogP contribution in [0.2, 0.25) is 0 Å². The number of unbranched alkanes of at least 4 members (excludes halogenated alkanes) is 1. The molecule has 21 heavy (non-hydrogen) atoms. The SMILES string of the molecule is CCCCc1ccc(C(=O)C2(CC(C)C)CCCC2)cc1. The van der Waals surface area contributed by atoms with Crippen LogP contribution in [0.5, 0.6) is 0 Å². The maximum absolute atomic E-state index is 13.0. The van der Waals surface area contributed by atoms with E-state index in [-0.39, 0.29) is 5.41 Å². The molecule has 0 spiro atoms. The van der Waals surface area contributed by atoms with E-state index in [1.165, 1.54) is 31.2 Å². The summed E-state index contributed by atoms with van der Waals surface area (Å²) in [7, 11) is 0. The molecule has 0 N–H and O–H groups in total. The molecule has 0 heterocycles. The first-order valence-electron chi connectivity index (χ1n) is 8.71. The molecule has 0 atom stereocenters. The lowest BCUT2D eigenvalue weighted by Gasteiger charge is -2.29. The summed E-state index contributed by atoms with van der Waals surface area (Å²) < 4.78 is 0. The van der Waals surface area contributed by atoms with Gasteiger partial charge in [-0.2, -0.15) is 0 Å². The van der Waals surface area contributed by atoms with Crippen LogP contribution in [0.1, 0.15) is 81.6 Å². The number of ketones is 1. The number of hydrogen-bond acceptors (Lipinski definition) is 1. The van der Waals surface area contributed by atoms with Crippen molar-refractivity contribution in [3.05, 3.63) is 35.4 Å². The summed E-state index contributed by atoms with van der Waals surface area (Å²) >= 11 is 0. The number of carbonyl (C=O) groups excluding carboxylic acids is 1. The van der Waals surface area contributed by atoms with Crippen LogP contribution in [0.15, 0.2) is 24.3 Å². The molecule has 0 bridgehead atoms. The van der Waals surface area contributed by atoms with Crippen LogP contribution in [0.3, 0.4) is 0 Å². The van der Waals surface area contributed by atoms with Gasteiger partial charge in [0, 0.05) is 11.0 Å². The largest absolute Gasteiger partial charge is 0.294 e. The van der Waals surface area contributed by atoms with E-state index in [0.717, 1.165) is 31.2 Å². The Morgan fingerprint density at radius 3 is 2.29 bits per heavy atom. The molecule has 1 aromatic rings. The summed E-state index contributed by atoms with van der Waals surface area (Å²) in [5, 5.41) is 0. The van der Waals surface area contributed by atoms with E-state index in [1.807, 2.05) is 0 Å². The quantitative estimate of drug-likeness (QED) is 0.577. The summed E-state index contributed by atoms with van der Waals surface area (Å²) in [6.45, 7) is 6.69. The van der Waals surface area contributed by atoms with Crippen molar-refractivity contribution in [1.29, 1.82) is 0 Å². The Labute approximate surface area is 130 Å². The number of rotatable bonds is 7. The predicted molar refractivity (Wildman–Crippen MR) is 89.7 cm³/mol. The van der Waals surface area contributed by atoms with Crippen molar-refractivity contribution in [1.82, 2.24) is 0 Å². The Morgan fingerprint density at radius 2 is 1.76 bits per heavy atom. The fraction of sp³-hybridized carbons (Fsp3) is 0.650. The van der Waals surface area contributed by atoms with Crippen molar-refractivity contribution in [2.24, 2.45) is 11.3 Å². The number of benzene rings is 1. The normalized spacial score (nSPS) is 17.3. The standard InChI is InChI=1S/C20H30O/c1-4-5-8-17-9-11-18(12-10-17)19(21)20(15-16(2)3)13-6-7-14-20/h9-12,16H,4-8,13-15H2,1-3H3. The minimum atomic E-state index is -0.0703. The molecule has 1 aromatic carbocycles. The molecular formula is C20H30O. The molecule has 1 fully saturated rings. The fourth-order valence-corrected chi connectivity index (χ4v) is 3.87. The van der Waals surface area contributed by atoms with Gasteiger partial charge in [-0.25, -0.2) is 0 Å². The topological polar surface area (TPSA) is 17.1 Å². The van der Waals surface area contributed by atoms with E-state index in [0.29, 0.717) is 11.7 Å². The van der Waals surface area contributed by atoms with Gasteiger partial charge in [-0.15, -0.1) is 0 Å². The van der Waals surface area contributed by atoms with Crippen molar-refractivity contribution >= 4 is 5.78 Å². The first-order chi connectivity index (χ1) is 10.1. The minimum Gasteiger partial charge on any atom is -0.294 e. The molecule has 2 rings (SSSR count). The van der Waals surface area contributed by atoms with Gasteiger partial charge in [0.05, 0.1) is 0 Å². The highest BCUT2D eigenvalue weighted by molar-refractivity contribution is 6.00. The Kier molecular flexibility index (Phi) is 5.61. The summed E-state index contributed by atoms with van der Waals surface area (Å²) in [6.07, 6.45) is 9.22.